The summed E-state index contributed by atoms with van der Waals surface area (Å²) in [7, 11) is 1.44. The van der Waals surface area contributed by atoms with E-state index >= 15 is 0 Å². The second-order valence-electron chi connectivity index (χ2n) is 4.98. The van der Waals surface area contributed by atoms with Crippen LogP contribution in [0.5, 0.6) is 0 Å². The summed E-state index contributed by atoms with van der Waals surface area (Å²) in [4.78, 5) is 1.23. The number of alkyl halides is 3. The van der Waals surface area contributed by atoms with Gasteiger partial charge < -0.3 is 5.32 Å². The van der Waals surface area contributed by atoms with Crippen molar-refractivity contribution in [3.8, 4) is 0 Å². The van der Waals surface area contributed by atoms with Crippen LogP contribution in [0, 0.1) is 0 Å². The maximum absolute atomic E-state index is 12.1. The highest BCUT2D eigenvalue weighted by atomic mass is 19.4. The monoisotopic (exact) mass is 277 g/mol. The summed E-state index contributed by atoms with van der Waals surface area (Å²) in [6.45, 7) is 0.461. The predicted octanol–water partition coefficient (Wildman–Crippen LogP) is 1.02. The number of likely N-dealkylation sites (N-methyl/N-ethyl adjacent to an activating group) is 1. The first-order chi connectivity index (χ1) is 8.92. The van der Waals surface area contributed by atoms with Gasteiger partial charge in [-0.2, -0.15) is 13.2 Å². The van der Waals surface area contributed by atoms with E-state index in [0.717, 1.165) is 5.69 Å². The van der Waals surface area contributed by atoms with Crippen molar-refractivity contribution in [3.63, 3.8) is 0 Å². The van der Waals surface area contributed by atoms with E-state index in [9.17, 15) is 13.2 Å². The van der Waals surface area contributed by atoms with Gasteiger partial charge in [0, 0.05) is 25.3 Å². The highest BCUT2D eigenvalue weighted by molar-refractivity contribution is 4.94. The van der Waals surface area contributed by atoms with Crippen molar-refractivity contribution in [2.75, 3.05) is 20.1 Å². The van der Waals surface area contributed by atoms with Gasteiger partial charge in [-0.1, -0.05) is 5.21 Å². The van der Waals surface area contributed by atoms with E-state index in [1.807, 2.05) is 0 Å². The number of aromatic nitrogens is 3. The van der Waals surface area contributed by atoms with Crippen molar-refractivity contribution < 1.29 is 13.2 Å². The SMILES string of the molecule is CN(CCn1cc(CNC2CC2)nn1)CC(F)(F)F. The zero-order valence-corrected chi connectivity index (χ0v) is 10.8. The smallest absolute Gasteiger partial charge is 0.308 e. The van der Waals surface area contributed by atoms with Crippen LogP contribution in [0.25, 0.3) is 0 Å². The van der Waals surface area contributed by atoms with Crippen LogP contribution in [-0.2, 0) is 13.1 Å². The Balaban J connectivity index is 1.70. The molecule has 0 saturated heterocycles. The van der Waals surface area contributed by atoms with Gasteiger partial charge in [0.05, 0.1) is 18.8 Å². The first-order valence-corrected chi connectivity index (χ1v) is 6.30. The highest BCUT2D eigenvalue weighted by Crippen LogP contribution is 2.19. The van der Waals surface area contributed by atoms with E-state index in [-0.39, 0.29) is 0 Å². The summed E-state index contributed by atoms with van der Waals surface area (Å²) in [6, 6.07) is 0.600. The Morgan fingerprint density at radius 3 is 2.84 bits per heavy atom. The summed E-state index contributed by atoms with van der Waals surface area (Å²) in [6.07, 6.45) is 0.0278. The molecule has 0 spiro atoms. The molecule has 1 aromatic heterocycles. The lowest BCUT2D eigenvalue weighted by Crippen LogP contribution is -2.33. The van der Waals surface area contributed by atoms with Crippen LogP contribution in [0.3, 0.4) is 0 Å². The molecule has 0 aliphatic heterocycles. The third-order valence-corrected chi connectivity index (χ3v) is 2.90. The lowest BCUT2D eigenvalue weighted by atomic mass is 10.4. The van der Waals surface area contributed by atoms with Crippen molar-refractivity contribution >= 4 is 0 Å². The molecule has 8 heteroatoms. The number of halogens is 3. The zero-order valence-electron chi connectivity index (χ0n) is 10.8. The molecule has 1 heterocycles. The fourth-order valence-electron chi connectivity index (χ4n) is 1.72. The van der Waals surface area contributed by atoms with Crippen LogP contribution < -0.4 is 5.32 Å². The minimum Gasteiger partial charge on any atom is -0.308 e. The molecule has 2 rings (SSSR count). The van der Waals surface area contributed by atoms with Gasteiger partial charge in [-0.3, -0.25) is 9.58 Å². The van der Waals surface area contributed by atoms with Crippen molar-refractivity contribution in [3.05, 3.63) is 11.9 Å². The summed E-state index contributed by atoms with van der Waals surface area (Å²) < 4.78 is 38.0. The van der Waals surface area contributed by atoms with Crippen LogP contribution in [0.15, 0.2) is 6.20 Å². The van der Waals surface area contributed by atoms with Gasteiger partial charge in [0.1, 0.15) is 0 Å². The molecule has 108 valence electrons. The van der Waals surface area contributed by atoms with Crippen LogP contribution in [-0.4, -0.2) is 52.2 Å². The first-order valence-electron chi connectivity index (χ1n) is 6.30. The van der Waals surface area contributed by atoms with Crippen LogP contribution in [0.4, 0.5) is 13.2 Å². The first kappa shape index (κ1) is 14.3. The molecule has 1 aliphatic rings. The molecule has 0 radical (unpaired) electrons. The average molecular weight is 277 g/mol. The number of rotatable bonds is 7. The van der Waals surface area contributed by atoms with Crippen molar-refractivity contribution in [1.29, 1.82) is 0 Å². The van der Waals surface area contributed by atoms with E-state index in [4.69, 9.17) is 0 Å². The topological polar surface area (TPSA) is 46.0 Å². The van der Waals surface area contributed by atoms with Crippen molar-refractivity contribution in [2.45, 2.75) is 38.1 Å². The molecular formula is C11H18F3N5. The summed E-state index contributed by atoms with van der Waals surface area (Å²) in [5.41, 5.74) is 0.824. The van der Waals surface area contributed by atoms with Gasteiger partial charge >= 0.3 is 6.18 Å². The lowest BCUT2D eigenvalue weighted by molar-refractivity contribution is -0.143. The lowest BCUT2D eigenvalue weighted by Gasteiger charge is -2.17. The van der Waals surface area contributed by atoms with Crippen molar-refractivity contribution in [1.82, 2.24) is 25.2 Å². The second-order valence-corrected chi connectivity index (χ2v) is 4.98. The van der Waals surface area contributed by atoms with E-state index in [1.54, 1.807) is 10.9 Å². The zero-order chi connectivity index (χ0) is 13.9. The Morgan fingerprint density at radius 1 is 1.47 bits per heavy atom. The molecule has 0 unspecified atom stereocenters. The Kier molecular flexibility index (Phi) is 4.41. The van der Waals surface area contributed by atoms with E-state index in [1.165, 1.54) is 24.8 Å². The molecule has 1 saturated carbocycles. The van der Waals surface area contributed by atoms with Crippen LogP contribution >= 0.6 is 0 Å². The Labute approximate surface area is 109 Å². The average Bonchev–Trinajstić information content (AvgIpc) is 3.01. The quantitative estimate of drug-likeness (QED) is 0.808. The third kappa shape index (κ3) is 5.56. The van der Waals surface area contributed by atoms with Crippen molar-refractivity contribution in [2.24, 2.45) is 0 Å². The van der Waals surface area contributed by atoms with E-state index < -0.39 is 12.7 Å². The minimum absolute atomic E-state index is 0.290. The normalized spacial score (nSPS) is 16.3. The third-order valence-electron chi connectivity index (χ3n) is 2.90. The molecule has 1 aromatic rings. The van der Waals surface area contributed by atoms with Crippen LogP contribution in [0.2, 0.25) is 0 Å². The Hall–Kier alpha value is -1.15. The number of hydrogen-bond acceptors (Lipinski definition) is 4. The molecule has 5 nitrogen and oxygen atoms in total. The van der Waals surface area contributed by atoms with Crippen LogP contribution in [0.1, 0.15) is 18.5 Å². The second kappa shape index (κ2) is 5.87. The highest BCUT2D eigenvalue weighted by Gasteiger charge is 2.28. The predicted molar refractivity (Wildman–Crippen MR) is 63.4 cm³/mol. The number of nitrogens with one attached hydrogen (secondary N) is 1. The largest absolute Gasteiger partial charge is 0.401 e. The molecule has 1 N–H and O–H groups in total. The molecule has 0 amide bonds. The Bertz CT molecular complexity index is 399. The van der Waals surface area contributed by atoms with E-state index in [0.29, 0.717) is 25.7 Å². The fraction of sp³-hybridized carbons (Fsp3) is 0.818. The maximum atomic E-state index is 12.1. The van der Waals surface area contributed by atoms with Gasteiger partial charge in [-0.05, 0) is 19.9 Å². The van der Waals surface area contributed by atoms with Gasteiger partial charge in [-0.25, -0.2) is 0 Å². The molecule has 0 atom stereocenters. The van der Waals surface area contributed by atoms with Gasteiger partial charge in [-0.15, -0.1) is 5.10 Å². The van der Waals surface area contributed by atoms with E-state index in [2.05, 4.69) is 15.6 Å². The molecule has 1 fully saturated rings. The van der Waals surface area contributed by atoms with Gasteiger partial charge in [0.15, 0.2) is 0 Å². The summed E-state index contributed by atoms with van der Waals surface area (Å²) in [5.74, 6) is 0. The summed E-state index contributed by atoms with van der Waals surface area (Å²) in [5, 5.41) is 11.2. The number of hydrogen-bond donors (Lipinski definition) is 1. The number of nitrogens with zero attached hydrogens (tertiary/aromatic N) is 4. The Morgan fingerprint density at radius 2 is 2.21 bits per heavy atom. The van der Waals surface area contributed by atoms with Gasteiger partial charge in [0.25, 0.3) is 0 Å². The molecule has 1 aliphatic carbocycles. The fourth-order valence-corrected chi connectivity index (χ4v) is 1.72. The maximum Gasteiger partial charge on any atom is 0.401 e. The van der Waals surface area contributed by atoms with Gasteiger partial charge in [0.2, 0.25) is 0 Å². The molecule has 19 heavy (non-hydrogen) atoms. The standard InChI is InChI=1S/C11H18F3N5/c1-18(8-11(12,13)14)4-5-19-7-10(16-17-19)6-15-9-2-3-9/h7,9,15H,2-6,8H2,1H3. The molecular weight excluding hydrogens is 259 g/mol. The minimum atomic E-state index is -4.16. The molecule has 0 aromatic carbocycles. The summed E-state index contributed by atoms with van der Waals surface area (Å²) >= 11 is 0. The molecule has 0 bridgehead atoms.